The number of esters is 1. The van der Waals surface area contributed by atoms with Crippen LogP contribution in [0.5, 0.6) is 11.5 Å². The van der Waals surface area contributed by atoms with E-state index in [1.165, 1.54) is 0 Å². The van der Waals surface area contributed by atoms with Gasteiger partial charge in [-0.3, -0.25) is 19.4 Å². The number of cyclic esters (lactones) is 1. The van der Waals surface area contributed by atoms with Crippen molar-refractivity contribution in [3.8, 4) is 11.5 Å². The van der Waals surface area contributed by atoms with Gasteiger partial charge in [-0.25, -0.2) is 4.79 Å². The quantitative estimate of drug-likeness (QED) is 0.279. The number of fused-ring (bicyclic) bond motifs is 1. The average molecular weight is 552 g/mol. The number of nitrogens with zero attached hydrogens (tertiary/aromatic N) is 4. The summed E-state index contributed by atoms with van der Waals surface area (Å²) in [6.07, 6.45) is -0.245. The van der Waals surface area contributed by atoms with Crippen LogP contribution in [0.3, 0.4) is 0 Å². The lowest BCUT2D eigenvalue weighted by atomic mass is 10.1. The Bertz CT molecular complexity index is 1270. The Morgan fingerprint density at radius 3 is 2.45 bits per heavy atom. The van der Waals surface area contributed by atoms with Crippen molar-refractivity contribution in [1.29, 1.82) is 0 Å². The molecule has 1 unspecified atom stereocenters. The second-order valence-electron chi connectivity index (χ2n) is 9.73. The van der Waals surface area contributed by atoms with Crippen LogP contribution in [0.25, 0.3) is 0 Å². The zero-order chi connectivity index (χ0) is 28.1. The fourth-order valence-corrected chi connectivity index (χ4v) is 4.87. The number of aliphatic imine (C=N–C) groups is 1. The van der Waals surface area contributed by atoms with Crippen molar-refractivity contribution in [2.75, 3.05) is 64.1 Å². The number of amides is 2. The van der Waals surface area contributed by atoms with Gasteiger partial charge in [0, 0.05) is 56.1 Å². The summed E-state index contributed by atoms with van der Waals surface area (Å²) in [7, 11) is 0. The van der Waals surface area contributed by atoms with Gasteiger partial charge < -0.3 is 29.6 Å². The first-order valence-electron chi connectivity index (χ1n) is 13.4. The number of carbonyl (C=O) groups is 3. The van der Waals surface area contributed by atoms with Gasteiger partial charge >= 0.3 is 12.1 Å². The van der Waals surface area contributed by atoms with Crippen molar-refractivity contribution in [3.63, 3.8) is 0 Å². The molecule has 0 saturated carbocycles. The zero-order valence-corrected chi connectivity index (χ0v) is 22.4. The van der Waals surface area contributed by atoms with Crippen LogP contribution in [0, 0.1) is 0 Å². The summed E-state index contributed by atoms with van der Waals surface area (Å²) in [4.78, 5) is 46.9. The summed E-state index contributed by atoms with van der Waals surface area (Å²) in [6, 6.07) is 11.8. The minimum absolute atomic E-state index is 0.0671. The van der Waals surface area contributed by atoms with Crippen LogP contribution in [0.2, 0.25) is 0 Å². The highest BCUT2D eigenvalue weighted by atomic mass is 16.7. The molecule has 3 heterocycles. The molecule has 2 amide bonds. The molecule has 0 spiro atoms. The number of benzene rings is 2. The minimum Gasteiger partial charge on any atom is -0.466 e. The molecule has 1 atom stereocenters. The maximum Gasteiger partial charge on any atom is 0.414 e. The highest BCUT2D eigenvalue weighted by Gasteiger charge is 2.34. The first-order chi connectivity index (χ1) is 19.4. The molecular weight excluding hydrogens is 518 g/mol. The third-order valence-electron chi connectivity index (χ3n) is 7.05. The Balaban J connectivity index is 1.11. The van der Waals surface area contributed by atoms with Crippen LogP contribution in [-0.2, 0) is 14.3 Å². The van der Waals surface area contributed by atoms with Crippen molar-refractivity contribution in [2.45, 2.75) is 19.4 Å². The van der Waals surface area contributed by atoms with E-state index in [0.29, 0.717) is 61.0 Å². The topological polar surface area (TPSA) is 136 Å². The van der Waals surface area contributed by atoms with Crippen LogP contribution < -0.4 is 20.1 Å². The van der Waals surface area contributed by atoms with Gasteiger partial charge in [-0.2, -0.15) is 4.99 Å². The maximum absolute atomic E-state index is 12.6. The lowest BCUT2D eigenvalue weighted by Gasteiger charge is -2.35. The minimum atomic E-state index is -0.495. The van der Waals surface area contributed by atoms with Gasteiger partial charge in [0.1, 0.15) is 11.9 Å². The molecule has 2 N–H and O–H groups in total. The second kappa shape index (κ2) is 12.3. The SMILES string of the molecule is CCOC(=O)CCN1CCN(CC2CN(c3ccc(C(N)=NC(=O)c4ccc5c(c4)OCO5)cc3)C(=O)O2)CC1. The van der Waals surface area contributed by atoms with Crippen molar-refractivity contribution in [1.82, 2.24) is 9.80 Å². The summed E-state index contributed by atoms with van der Waals surface area (Å²) < 4.78 is 21.2. The molecule has 2 saturated heterocycles. The molecule has 2 aromatic rings. The summed E-state index contributed by atoms with van der Waals surface area (Å²) in [5, 5.41) is 0. The van der Waals surface area contributed by atoms with Crippen LogP contribution in [0.1, 0.15) is 29.3 Å². The molecule has 12 heteroatoms. The molecule has 3 aliphatic heterocycles. The molecule has 0 aliphatic carbocycles. The normalized spacial score (nSPS) is 19.5. The van der Waals surface area contributed by atoms with Gasteiger partial charge in [0.15, 0.2) is 11.5 Å². The summed E-state index contributed by atoms with van der Waals surface area (Å²) >= 11 is 0. The Labute approximate surface area is 232 Å². The molecule has 5 rings (SSSR count). The van der Waals surface area contributed by atoms with Crippen molar-refractivity contribution in [3.05, 3.63) is 53.6 Å². The number of hydrogen-bond donors (Lipinski definition) is 1. The van der Waals surface area contributed by atoms with E-state index in [4.69, 9.17) is 24.7 Å². The van der Waals surface area contributed by atoms with E-state index < -0.39 is 12.0 Å². The maximum atomic E-state index is 12.6. The van der Waals surface area contributed by atoms with E-state index in [2.05, 4.69) is 14.8 Å². The number of carbonyl (C=O) groups excluding carboxylic acids is 3. The van der Waals surface area contributed by atoms with Crippen molar-refractivity contribution < 1.29 is 33.3 Å². The van der Waals surface area contributed by atoms with E-state index >= 15 is 0 Å². The third-order valence-corrected chi connectivity index (χ3v) is 7.05. The summed E-state index contributed by atoms with van der Waals surface area (Å²) in [5.41, 5.74) is 7.67. The van der Waals surface area contributed by atoms with E-state index in [-0.39, 0.29) is 24.7 Å². The molecule has 2 aromatic carbocycles. The molecular formula is C28H33N5O7. The van der Waals surface area contributed by atoms with Crippen LogP contribution >= 0.6 is 0 Å². The van der Waals surface area contributed by atoms with Gasteiger partial charge in [0.2, 0.25) is 6.79 Å². The first kappa shape index (κ1) is 27.4. The summed E-state index contributed by atoms with van der Waals surface area (Å²) in [5.74, 6) is 0.481. The fraction of sp³-hybridized carbons (Fsp3) is 0.429. The van der Waals surface area contributed by atoms with Crippen molar-refractivity contribution >= 4 is 29.5 Å². The smallest absolute Gasteiger partial charge is 0.414 e. The van der Waals surface area contributed by atoms with Gasteiger partial charge in [-0.1, -0.05) is 0 Å². The highest BCUT2D eigenvalue weighted by Crippen LogP contribution is 2.32. The molecule has 0 radical (unpaired) electrons. The zero-order valence-electron chi connectivity index (χ0n) is 22.4. The molecule has 0 bridgehead atoms. The second-order valence-corrected chi connectivity index (χ2v) is 9.73. The average Bonchev–Trinajstić information content (AvgIpc) is 3.58. The van der Waals surface area contributed by atoms with Crippen LogP contribution in [0.15, 0.2) is 47.5 Å². The highest BCUT2D eigenvalue weighted by molar-refractivity contribution is 6.09. The van der Waals surface area contributed by atoms with E-state index in [1.807, 2.05) is 6.92 Å². The summed E-state index contributed by atoms with van der Waals surface area (Å²) in [6.45, 7) is 7.49. The Kier molecular flexibility index (Phi) is 8.46. The standard InChI is InChI=1S/C28H33N5O7/c1-2-37-25(34)9-10-31-11-13-32(14-12-31)16-22-17-33(28(36)40-22)21-6-3-19(4-7-21)26(29)30-27(35)20-5-8-23-24(15-20)39-18-38-23/h3-8,15,22H,2,9-14,16-18H2,1H3,(H2,29,30,35). The largest absolute Gasteiger partial charge is 0.466 e. The van der Waals surface area contributed by atoms with E-state index in [0.717, 1.165) is 26.2 Å². The van der Waals surface area contributed by atoms with Gasteiger partial charge in [-0.05, 0) is 49.4 Å². The van der Waals surface area contributed by atoms with Crippen LogP contribution in [0.4, 0.5) is 10.5 Å². The third kappa shape index (κ3) is 6.52. The monoisotopic (exact) mass is 551 g/mol. The molecule has 0 aromatic heterocycles. The number of hydrogen-bond acceptors (Lipinski definition) is 9. The number of nitrogens with two attached hydrogens (primary N) is 1. The predicted molar refractivity (Wildman–Crippen MR) is 146 cm³/mol. The lowest BCUT2D eigenvalue weighted by molar-refractivity contribution is -0.143. The molecule has 3 aliphatic rings. The molecule has 212 valence electrons. The van der Waals surface area contributed by atoms with Crippen LogP contribution in [-0.4, -0.2) is 98.9 Å². The molecule has 2 fully saturated rings. The molecule has 12 nitrogen and oxygen atoms in total. The lowest BCUT2D eigenvalue weighted by Crippen LogP contribution is -2.49. The number of rotatable bonds is 9. The van der Waals surface area contributed by atoms with E-state index in [9.17, 15) is 14.4 Å². The molecule has 40 heavy (non-hydrogen) atoms. The number of amidine groups is 1. The van der Waals surface area contributed by atoms with Gasteiger partial charge in [-0.15, -0.1) is 0 Å². The Morgan fingerprint density at radius 1 is 1.00 bits per heavy atom. The number of anilines is 1. The number of piperazine rings is 1. The van der Waals surface area contributed by atoms with Crippen molar-refractivity contribution in [2.24, 2.45) is 10.7 Å². The predicted octanol–water partition coefficient (Wildman–Crippen LogP) is 1.86. The Hall–Kier alpha value is -4.16. The van der Waals surface area contributed by atoms with Gasteiger partial charge in [0.25, 0.3) is 5.91 Å². The van der Waals surface area contributed by atoms with Gasteiger partial charge in [0.05, 0.1) is 19.6 Å². The Morgan fingerprint density at radius 2 is 1.70 bits per heavy atom. The fourth-order valence-electron chi connectivity index (χ4n) is 4.87. The first-order valence-corrected chi connectivity index (χ1v) is 13.4. The van der Waals surface area contributed by atoms with E-state index in [1.54, 1.807) is 47.4 Å². The number of ether oxygens (including phenoxy) is 4.